The summed E-state index contributed by atoms with van der Waals surface area (Å²) in [4.78, 5) is 10.2. The molecule has 0 fully saturated rings. The quantitative estimate of drug-likeness (QED) is 0.630. The third kappa shape index (κ3) is 3.54. The van der Waals surface area contributed by atoms with E-state index in [1.807, 2.05) is 0 Å². The number of halogens is 2. The van der Waals surface area contributed by atoms with Gasteiger partial charge >= 0.3 is 0 Å². The van der Waals surface area contributed by atoms with Gasteiger partial charge in [0.15, 0.2) is 0 Å². The standard InChI is InChI=1S/C11H14F2N2O3/c1-3-18-8-4-5-9(10(6-8)15(16)17)14-7(2)11(12)13/h4-7,11,14H,3H2,1-2H3. The molecule has 0 aliphatic heterocycles. The number of hydrogen-bond acceptors (Lipinski definition) is 4. The summed E-state index contributed by atoms with van der Waals surface area (Å²) in [5.74, 6) is 0.333. The van der Waals surface area contributed by atoms with Crippen LogP contribution in [0.5, 0.6) is 5.75 Å². The van der Waals surface area contributed by atoms with Crippen LogP contribution in [-0.4, -0.2) is 24.0 Å². The molecule has 5 nitrogen and oxygen atoms in total. The molecule has 100 valence electrons. The van der Waals surface area contributed by atoms with Gasteiger partial charge in [0.05, 0.1) is 23.6 Å². The van der Waals surface area contributed by atoms with E-state index in [-0.39, 0.29) is 11.4 Å². The van der Waals surface area contributed by atoms with Crippen LogP contribution in [0.1, 0.15) is 13.8 Å². The SMILES string of the molecule is CCOc1ccc(NC(C)C(F)F)c([N+](=O)[O-])c1. The summed E-state index contributed by atoms with van der Waals surface area (Å²) in [5.41, 5.74) is -0.232. The van der Waals surface area contributed by atoms with Crippen molar-refractivity contribution in [3.63, 3.8) is 0 Å². The molecule has 1 aromatic carbocycles. The molecule has 1 unspecified atom stereocenters. The first kappa shape index (κ1) is 14.1. The van der Waals surface area contributed by atoms with Crippen LogP contribution >= 0.6 is 0 Å². The van der Waals surface area contributed by atoms with Crippen LogP contribution in [0.25, 0.3) is 0 Å². The summed E-state index contributed by atoms with van der Waals surface area (Å²) in [7, 11) is 0. The second-order valence-corrected chi connectivity index (χ2v) is 3.64. The van der Waals surface area contributed by atoms with Gasteiger partial charge in [-0.2, -0.15) is 0 Å². The van der Waals surface area contributed by atoms with E-state index in [1.54, 1.807) is 6.92 Å². The molecule has 0 aliphatic rings. The average Bonchev–Trinajstić information content (AvgIpc) is 2.30. The molecule has 1 atom stereocenters. The Hall–Kier alpha value is -1.92. The summed E-state index contributed by atoms with van der Waals surface area (Å²) in [5, 5.41) is 13.3. The van der Waals surface area contributed by atoms with Crippen LogP contribution in [0.2, 0.25) is 0 Å². The topological polar surface area (TPSA) is 64.4 Å². The Balaban J connectivity index is 3.00. The Bertz CT molecular complexity index is 427. The summed E-state index contributed by atoms with van der Waals surface area (Å²) in [6.45, 7) is 3.37. The molecule has 1 N–H and O–H groups in total. The lowest BCUT2D eigenvalue weighted by Crippen LogP contribution is -2.24. The Morgan fingerprint density at radius 3 is 2.67 bits per heavy atom. The fourth-order valence-electron chi connectivity index (χ4n) is 1.35. The first-order chi connectivity index (χ1) is 8.45. The maximum absolute atomic E-state index is 12.4. The third-order valence-electron chi connectivity index (χ3n) is 2.24. The molecule has 1 aromatic rings. The highest BCUT2D eigenvalue weighted by atomic mass is 19.3. The number of hydrogen-bond donors (Lipinski definition) is 1. The number of ether oxygens (including phenoxy) is 1. The number of anilines is 1. The lowest BCUT2D eigenvalue weighted by atomic mass is 10.2. The highest BCUT2D eigenvalue weighted by Crippen LogP contribution is 2.30. The Morgan fingerprint density at radius 2 is 2.17 bits per heavy atom. The van der Waals surface area contributed by atoms with Gasteiger partial charge in [-0.25, -0.2) is 8.78 Å². The van der Waals surface area contributed by atoms with Crippen LogP contribution in [0.4, 0.5) is 20.2 Å². The number of nitrogens with zero attached hydrogens (tertiary/aromatic N) is 1. The molecule has 0 aliphatic carbocycles. The van der Waals surface area contributed by atoms with Gasteiger partial charge in [-0.15, -0.1) is 0 Å². The highest BCUT2D eigenvalue weighted by Gasteiger charge is 2.20. The normalized spacial score (nSPS) is 12.3. The molecular weight excluding hydrogens is 246 g/mol. The fraction of sp³-hybridized carbons (Fsp3) is 0.455. The van der Waals surface area contributed by atoms with Gasteiger partial charge in [0.2, 0.25) is 0 Å². The Kier molecular flexibility index (Phi) is 4.82. The van der Waals surface area contributed by atoms with Crippen molar-refractivity contribution in [2.24, 2.45) is 0 Å². The van der Waals surface area contributed by atoms with Gasteiger partial charge in [-0.1, -0.05) is 0 Å². The minimum Gasteiger partial charge on any atom is -0.494 e. The van der Waals surface area contributed by atoms with Gasteiger partial charge in [0, 0.05) is 0 Å². The van der Waals surface area contributed by atoms with E-state index < -0.39 is 17.4 Å². The van der Waals surface area contributed by atoms with Gasteiger partial charge in [-0.05, 0) is 26.0 Å². The Labute approximate surface area is 103 Å². The first-order valence-corrected chi connectivity index (χ1v) is 5.41. The van der Waals surface area contributed by atoms with E-state index in [2.05, 4.69) is 5.32 Å². The predicted molar refractivity (Wildman–Crippen MR) is 63.4 cm³/mol. The van der Waals surface area contributed by atoms with Crippen LogP contribution in [0, 0.1) is 10.1 Å². The summed E-state index contributed by atoms with van der Waals surface area (Å²) >= 11 is 0. The number of alkyl halides is 2. The van der Waals surface area contributed by atoms with Crippen molar-refractivity contribution >= 4 is 11.4 Å². The number of benzene rings is 1. The lowest BCUT2D eigenvalue weighted by molar-refractivity contribution is -0.384. The molecule has 0 heterocycles. The van der Waals surface area contributed by atoms with Crippen molar-refractivity contribution in [3.05, 3.63) is 28.3 Å². The van der Waals surface area contributed by atoms with Crippen molar-refractivity contribution in [3.8, 4) is 5.75 Å². The van der Waals surface area contributed by atoms with Gasteiger partial charge in [-0.3, -0.25) is 10.1 Å². The minimum absolute atomic E-state index is 0.0521. The average molecular weight is 260 g/mol. The van der Waals surface area contributed by atoms with Gasteiger partial charge in [0.1, 0.15) is 11.4 Å². The van der Waals surface area contributed by atoms with Crippen LogP contribution in [-0.2, 0) is 0 Å². The van der Waals surface area contributed by atoms with E-state index in [0.717, 1.165) is 0 Å². The van der Waals surface area contributed by atoms with Crippen molar-refractivity contribution in [2.45, 2.75) is 26.3 Å². The van der Waals surface area contributed by atoms with Crippen molar-refractivity contribution < 1.29 is 18.4 Å². The van der Waals surface area contributed by atoms with E-state index in [1.165, 1.54) is 25.1 Å². The van der Waals surface area contributed by atoms with Crippen LogP contribution in [0.3, 0.4) is 0 Å². The summed E-state index contributed by atoms with van der Waals surface area (Å²) in [6.07, 6.45) is -2.60. The molecule has 0 saturated carbocycles. The van der Waals surface area contributed by atoms with E-state index in [0.29, 0.717) is 12.4 Å². The van der Waals surface area contributed by atoms with Crippen molar-refractivity contribution in [1.82, 2.24) is 0 Å². The van der Waals surface area contributed by atoms with Gasteiger partial charge in [0.25, 0.3) is 12.1 Å². The smallest absolute Gasteiger partial charge is 0.296 e. The van der Waals surface area contributed by atoms with Gasteiger partial charge < -0.3 is 10.1 Å². The van der Waals surface area contributed by atoms with E-state index in [4.69, 9.17) is 4.74 Å². The Morgan fingerprint density at radius 1 is 1.50 bits per heavy atom. The zero-order chi connectivity index (χ0) is 13.7. The number of rotatable bonds is 6. The largest absolute Gasteiger partial charge is 0.494 e. The molecule has 0 aromatic heterocycles. The fourth-order valence-corrected chi connectivity index (χ4v) is 1.35. The third-order valence-corrected chi connectivity index (χ3v) is 2.24. The zero-order valence-corrected chi connectivity index (χ0v) is 10.0. The molecular formula is C11H14F2N2O3. The molecule has 0 amide bonds. The predicted octanol–water partition coefficient (Wildman–Crippen LogP) is 3.06. The van der Waals surface area contributed by atoms with Crippen molar-refractivity contribution in [1.29, 1.82) is 0 Å². The molecule has 0 radical (unpaired) electrons. The molecule has 18 heavy (non-hydrogen) atoms. The van der Waals surface area contributed by atoms with Crippen LogP contribution in [0.15, 0.2) is 18.2 Å². The maximum Gasteiger partial charge on any atom is 0.296 e. The highest BCUT2D eigenvalue weighted by molar-refractivity contribution is 5.64. The van der Waals surface area contributed by atoms with Crippen molar-refractivity contribution in [2.75, 3.05) is 11.9 Å². The maximum atomic E-state index is 12.4. The summed E-state index contributed by atoms with van der Waals surface area (Å²) in [6, 6.07) is 2.91. The lowest BCUT2D eigenvalue weighted by Gasteiger charge is -2.14. The van der Waals surface area contributed by atoms with E-state index >= 15 is 0 Å². The first-order valence-electron chi connectivity index (χ1n) is 5.41. The molecule has 0 bridgehead atoms. The second kappa shape index (κ2) is 6.13. The molecule has 1 rings (SSSR count). The number of nitrogens with one attached hydrogen (secondary N) is 1. The number of nitro groups is 1. The number of nitro benzene ring substituents is 1. The molecule has 0 saturated heterocycles. The second-order valence-electron chi connectivity index (χ2n) is 3.64. The zero-order valence-electron chi connectivity index (χ0n) is 10.0. The summed E-state index contributed by atoms with van der Waals surface area (Å²) < 4.78 is 29.9. The monoisotopic (exact) mass is 260 g/mol. The minimum atomic E-state index is -2.60. The van der Waals surface area contributed by atoms with Crippen LogP contribution < -0.4 is 10.1 Å². The molecule has 0 spiro atoms. The van der Waals surface area contributed by atoms with E-state index in [9.17, 15) is 18.9 Å². The molecule has 7 heteroatoms.